The predicted octanol–water partition coefficient (Wildman–Crippen LogP) is 4.45. The number of benzene rings is 2. The number of anilines is 2. The molecule has 0 aromatic heterocycles. The van der Waals surface area contributed by atoms with Gasteiger partial charge in [-0.15, -0.1) is 0 Å². The van der Waals surface area contributed by atoms with Crippen molar-refractivity contribution in [1.29, 1.82) is 5.26 Å². The lowest BCUT2D eigenvalue weighted by atomic mass is 10.0. The summed E-state index contributed by atoms with van der Waals surface area (Å²) in [6, 6.07) is 17.6. The Morgan fingerprint density at radius 3 is 1.89 bits per heavy atom. The van der Waals surface area contributed by atoms with Crippen LogP contribution in [0.3, 0.4) is 0 Å². The molecular weight excluding hydrogens is 232 g/mol. The average Bonchev–Trinajstić information content (AvgIpc) is 2.46. The van der Waals surface area contributed by atoms with Crippen molar-refractivity contribution in [1.82, 2.24) is 0 Å². The zero-order valence-electron chi connectivity index (χ0n) is 12.5. The van der Waals surface area contributed by atoms with E-state index in [9.17, 15) is 0 Å². The predicted molar refractivity (Wildman–Crippen MR) is 79.8 cm³/mol. The molecule has 0 saturated carbocycles. The molecule has 0 amide bonds. The molecule has 0 spiro atoms. The van der Waals surface area contributed by atoms with Crippen LogP contribution in [0.5, 0.6) is 0 Å². The molecule has 0 aliphatic heterocycles. The summed E-state index contributed by atoms with van der Waals surface area (Å²) < 4.78 is 8.02. The van der Waals surface area contributed by atoms with E-state index >= 15 is 0 Å². The molecule has 19 heavy (non-hydrogen) atoms. The molecule has 0 unspecified atom stereocenters. The maximum Gasteiger partial charge on any atom is 0.0991 e. The first-order chi connectivity index (χ1) is 9.41. The molecule has 0 bridgehead atoms. The summed E-state index contributed by atoms with van der Waals surface area (Å²) in [5, 5.41) is 8.81. The van der Waals surface area contributed by atoms with Gasteiger partial charge in [0.25, 0.3) is 0 Å². The number of hydrogen-bond donors (Lipinski definition) is 0. The van der Waals surface area contributed by atoms with Gasteiger partial charge in [0.2, 0.25) is 0 Å². The van der Waals surface area contributed by atoms with Gasteiger partial charge in [0.1, 0.15) is 0 Å². The Bertz CT molecular complexity index is 616. The maximum atomic E-state index is 8.81. The van der Waals surface area contributed by atoms with Crippen molar-refractivity contribution in [3.8, 4) is 6.07 Å². The second-order valence-corrected chi connectivity index (χ2v) is 4.76. The first kappa shape index (κ1) is 11.8. The molecule has 2 rings (SSSR count). The van der Waals surface area contributed by atoms with E-state index in [0.717, 1.165) is 16.9 Å². The largest absolute Gasteiger partial charge is 0.345 e. The van der Waals surface area contributed by atoms with Gasteiger partial charge in [0.15, 0.2) is 0 Å². The smallest absolute Gasteiger partial charge is 0.0991 e. The summed E-state index contributed by atoms with van der Waals surface area (Å²) in [6.45, 7) is 3.76. The highest BCUT2D eigenvalue weighted by Crippen LogP contribution is 2.25. The highest BCUT2D eigenvalue weighted by atomic mass is 15.1. The van der Waals surface area contributed by atoms with Crippen LogP contribution in [0, 0.1) is 11.3 Å². The van der Waals surface area contributed by atoms with Gasteiger partial charge in [-0.3, -0.25) is 0 Å². The summed E-state index contributed by atoms with van der Waals surface area (Å²) in [6.07, 6.45) is 0. The second-order valence-electron chi connectivity index (χ2n) is 4.76. The van der Waals surface area contributed by atoms with E-state index in [1.165, 1.54) is 0 Å². The van der Waals surface area contributed by atoms with Crippen molar-refractivity contribution in [2.45, 2.75) is 19.7 Å². The molecule has 2 aromatic carbocycles. The Morgan fingerprint density at radius 1 is 1.00 bits per heavy atom. The van der Waals surface area contributed by atoms with E-state index < -0.39 is 5.89 Å². The zero-order valence-corrected chi connectivity index (χ0v) is 11.5. The third-order valence-electron chi connectivity index (χ3n) is 3.22. The minimum absolute atomic E-state index is 0.578. The van der Waals surface area contributed by atoms with E-state index in [1.807, 2.05) is 69.4 Å². The minimum Gasteiger partial charge on any atom is -0.345 e. The standard InChI is InChI=1S/C17H18N2/c1-13(2)15-6-10-17(11-7-15)19(3)16-8-4-14(12-18)5-9-16/h4-11,13H,1-3H3/i13D. The molecule has 0 aliphatic carbocycles. The molecule has 0 saturated heterocycles. The van der Waals surface area contributed by atoms with E-state index in [4.69, 9.17) is 6.63 Å². The van der Waals surface area contributed by atoms with Crippen molar-refractivity contribution in [2.75, 3.05) is 11.9 Å². The Kier molecular flexibility index (Phi) is 3.47. The molecule has 2 nitrogen and oxygen atoms in total. The number of nitrogens with zero attached hydrogens (tertiary/aromatic N) is 2. The lowest BCUT2D eigenvalue weighted by molar-refractivity contribution is 0.866. The molecule has 96 valence electrons. The Hall–Kier alpha value is -2.27. The van der Waals surface area contributed by atoms with Gasteiger partial charge in [-0.05, 0) is 47.9 Å². The van der Waals surface area contributed by atoms with Crippen molar-refractivity contribution in [3.05, 3.63) is 59.7 Å². The van der Waals surface area contributed by atoms with Crippen LogP contribution in [0.1, 0.15) is 32.2 Å². The van der Waals surface area contributed by atoms with Crippen molar-refractivity contribution < 1.29 is 1.37 Å². The van der Waals surface area contributed by atoms with Gasteiger partial charge in [-0.1, -0.05) is 26.0 Å². The monoisotopic (exact) mass is 251 g/mol. The van der Waals surface area contributed by atoms with Crippen LogP contribution in [0.15, 0.2) is 48.5 Å². The van der Waals surface area contributed by atoms with Gasteiger partial charge in [0.05, 0.1) is 11.6 Å². The third-order valence-corrected chi connectivity index (χ3v) is 3.22. The molecular formula is C17H18N2. The zero-order chi connectivity index (χ0) is 14.8. The maximum absolute atomic E-state index is 8.81. The molecule has 0 aliphatic rings. The summed E-state index contributed by atoms with van der Waals surface area (Å²) in [5.41, 5.74) is 3.74. The number of rotatable bonds is 3. The van der Waals surface area contributed by atoms with Crippen molar-refractivity contribution in [2.24, 2.45) is 0 Å². The molecule has 0 N–H and O–H groups in total. The summed E-state index contributed by atoms with van der Waals surface area (Å²) >= 11 is 0. The van der Waals surface area contributed by atoms with Crippen LogP contribution < -0.4 is 4.90 Å². The summed E-state index contributed by atoms with van der Waals surface area (Å²) in [4.78, 5) is 2.06. The van der Waals surface area contributed by atoms with Crippen molar-refractivity contribution >= 4 is 11.4 Å². The van der Waals surface area contributed by atoms with Gasteiger partial charge in [0, 0.05) is 19.8 Å². The van der Waals surface area contributed by atoms with Crippen LogP contribution in [-0.4, -0.2) is 7.05 Å². The van der Waals surface area contributed by atoms with Crippen LogP contribution in [0.25, 0.3) is 0 Å². The molecule has 2 heteroatoms. The molecule has 2 aromatic rings. The summed E-state index contributed by atoms with van der Waals surface area (Å²) in [7, 11) is 1.99. The van der Waals surface area contributed by atoms with Gasteiger partial charge in [-0.2, -0.15) is 5.26 Å². The Labute approximate surface area is 116 Å². The fourth-order valence-corrected chi connectivity index (χ4v) is 1.93. The number of nitriles is 1. The lowest BCUT2D eigenvalue weighted by Gasteiger charge is -2.20. The third kappa shape index (κ3) is 2.95. The van der Waals surface area contributed by atoms with E-state index in [-0.39, 0.29) is 0 Å². The molecule has 0 radical (unpaired) electrons. The van der Waals surface area contributed by atoms with Crippen LogP contribution in [-0.2, 0) is 0 Å². The Morgan fingerprint density at radius 2 is 1.47 bits per heavy atom. The van der Waals surface area contributed by atoms with E-state index in [0.29, 0.717) is 5.56 Å². The Balaban J connectivity index is 2.24. The topological polar surface area (TPSA) is 27.0 Å². The molecule has 0 atom stereocenters. The SMILES string of the molecule is [2H]C(C)(C)c1ccc(N(C)c2ccc(C#N)cc2)cc1. The van der Waals surface area contributed by atoms with Crippen LogP contribution in [0.2, 0.25) is 0 Å². The van der Waals surface area contributed by atoms with Gasteiger partial charge >= 0.3 is 0 Å². The lowest BCUT2D eigenvalue weighted by Crippen LogP contribution is -2.09. The average molecular weight is 251 g/mol. The van der Waals surface area contributed by atoms with E-state index in [1.54, 1.807) is 0 Å². The highest BCUT2D eigenvalue weighted by molar-refractivity contribution is 5.63. The fraction of sp³-hybridized carbons (Fsp3) is 0.235. The van der Waals surface area contributed by atoms with Gasteiger partial charge in [-0.25, -0.2) is 0 Å². The number of hydrogen-bond acceptors (Lipinski definition) is 2. The quantitative estimate of drug-likeness (QED) is 0.805. The van der Waals surface area contributed by atoms with Gasteiger partial charge < -0.3 is 4.90 Å². The fourth-order valence-electron chi connectivity index (χ4n) is 1.93. The first-order valence-corrected chi connectivity index (χ1v) is 6.26. The highest BCUT2D eigenvalue weighted by Gasteiger charge is 2.05. The summed E-state index contributed by atoms with van der Waals surface area (Å²) in [5.74, 6) is -0.578. The molecule has 0 heterocycles. The molecule has 0 fully saturated rings. The van der Waals surface area contributed by atoms with Crippen molar-refractivity contribution in [3.63, 3.8) is 0 Å². The normalized spacial score (nSPS) is 11.6. The van der Waals surface area contributed by atoms with E-state index in [2.05, 4.69) is 11.0 Å². The minimum atomic E-state index is -0.578. The van der Waals surface area contributed by atoms with Crippen LogP contribution >= 0.6 is 0 Å². The van der Waals surface area contributed by atoms with Crippen LogP contribution in [0.4, 0.5) is 11.4 Å². The first-order valence-electron chi connectivity index (χ1n) is 6.76. The second kappa shape index (κ2) is 5.58.